The van der Waals surface area contributed by atoms with Crippen LogP contribution in [0.25, 0.3) is 0 Å². The van der Waals surface area contributed by atoms with Gasteiger partial charge in [-0.1, -0.05) is 23.7 Å². The lowest BCUT2D eigenvalue weighted by molar-refractivity contribution is 0.190. The highest BCUT2D eigenvalue weighted by atomic mass is 35.5. The summed E-state index contributed by atoms with van der Waals surface area (Å²) in [5.74, 6) is 0.555. The molecule has 1 aliphatic rings. The van der Waals surface area contributed by atoms with Gasteiger partial charge >= 0.3 is 0 Å². The Balaban J connectivity index is 1.86. The third-order valence-corrected chi connectivity index (χ3v) is 4.81. The summed E-state index contributed by atoms with van der Waals surface area (Å²) < 4.78 is 19.4. The molecule has 122 valence electrons. The lowest BCUT2D eigenvalue weighted by Gasteiger charge is -2.31. The monoisotopic (exact) mass is 334 g/mol. The molecule has 2 aromatic rings. The minimum atomic E-state index is -0.284. The van der Waals surface area contributed by atoms with Crippen LogP contribution in [-0.4, -0.2) is 23.5 Å². The number of nitrogens with zero attached hydrogens (tertiary/aromatic N) is 2. The second-order valence-corrected chi connectivity index (χ2v) is 6.26. The number of rotatable bonds is 4. The van der Waals surface area contributed by atoms with E-state index in [0.717, 1.165) is 25.1 Å². The molecule has 0 radical (unpaired) electrons. The average molecular weight is 335 g/mol. The molecule has 1 aromatic carbocycles. The largest absolute Gasteiger partial charge is 0.497 e. The Hall–Kier alpha value is -1.65. The smallest absolute Gasteiger partial charge is 0.146 e. The van der Waals surface area contributed by atoms with E-state index in [4.69, 9.17) is 16.3 Å². The van der Waals surface area contributed by atoms with E-state index < -0.39 is 0 Å². The zero-order valence-corrected chi connectivity index (χ0v) is 14.1. The molecule has 2 atom stereocenters. The van der Waals surface area contributed by atoms with Gasteiger partial charge in [0.1, 0.15) is 16.7 Å². The van der Waals surface area contributed by atoms with Crippen LogP contribution >= 0.6 is 11.6 Å². The van der Waals surface area contributed by atoms with E-state index in [1.165, 1.54) is 11.8 Å². The standard InChI is InChI=1S/C18H20ClFN2O/c1-12(13-5-7-14(23-2)8-6-13)22-9-3-4-17(22)15-10-18(19)21-11-16(15)20/h5-8,10-12,17H,3-4,9H2,1-2H3/t12-,17+/m1/s1. The molecule has 0 unspecified atom stereocenters. The minimum Gasteiger partial charge on any atom is -0.497 e. The van der Waals surface area contributed by atoms with Gasteiger partial charge in [-0.25, -0.2) is 9.37 Å². The van der Waals surface area contributed by atoms with E-state index in [0.29, 0.717) is 10.7 Å². The van der Waals surface area contributed by atoms with Crippen molar-refractivity contribution in [3.63, 3.8) is 0 Å². The normalized spacial score (nSPS) is 19.7. The van der Waals surface area contributed by atoms with Crippen LogP contribution in [-0.2, 0) is 0 Å². The Labute approximate surface area is 141 Å². The first-order chi connectivity index (χ1) is 11.1. The van der Waals surface area contributed by atoms with Crippen LogP contribution in [0.3, 0.4) is 0 Å². The van der Waals surface area contributed by atoms with Crippen molar-refractivity contribution in [2.24, 2.45) is 0 Å². The number of benzene rings is 1. The molecule has 0 spiro atoms. The number of likely N-dealkylation sites (tertiary alicyclic amines) is 1. The SMILES string of the molecule is COc1ccc([C@@H](C)N2CCC[C@H]2c2cc(Cl)ncc2F)cc1. The number of hydrogen-bond acceptors (Lipinski definition) is 3. The molecule has 3 nitrogen and oxygen atoms in total. The van der Waals surface area contributed by atoms with Gasteiger partial charge in [0.05, 0.1) is 13.3 Å². The average Bonchev–Trinajstić information content (AvgIpc) is 3.06. The molecule has 3 rings (SSSR count). The molecule has 1 saturated heterocycles. The van der Waals surface area contributed by atoms with E-state index in [1.54, 1.807) is 13.2 Å². The summed E-state index contributed by atoms with van der Waals surface area (Å²) in [7, 11) is 1.66. The van der Waals surface area contributed by atoms with Gasteiger partial charge in [-0.3, -0.25) is 4.90 Å². The number of pyridine rings is 1. The molecular weight excluding hydrogens is 315 g/mol. The third-order valence-electron chi connectivity index (χ3n) is 4.60. The van der Waals surface area contributed by atoms with Crippen molar-refractivity contribution in [3.05, 3.63) is 58.6 Å². The molecule has 1 fully saturated rings. The Morgan fingerprint density at radius 1 is 1.35 bits per heavy atom. The van der Waals surface area contributed by atoms with Crippen molar-refractivity contribution in [2.75, 3.05) is 13.7 Å². The fourth-order valence-corrected chi connectivity index (χ4v) is 3.51. The number of aromatic nitrogens is 1. The molecule has 0 N–H and O–H groups in total. The van der Waals surface area contributed by atoms with Gasteiger partial charge in [0, 0.05) is 17.6 Å². The van der Waals surface area contributed by atoms with Crippen molar-refractivity contribution < 1.29 is 9.13 Å². The zero-order valence-electron chi connectivity index (χ0n) is 13.3. The summed E-state index contributed by atoms with van der Waals surface area (Å²) >= 11 is 5.96. The van der Waals surface area contributed by atoms with E-state index in [9.17, 15) is 4.39 Å². The van der Waals surface area contributed by atoms with Gasteiger partial charge in [-0.05, 0) is 50.1 Å². The van der Waals surface area contributed by atoms with Crippen LogP contribution in [0.4, 0.5) is 4.39 Å². The highest BCUT2D eigenvalue weighted by molar-refractivity contribution is 6.29. The highest BCUT2D eigenvalue weighted by Gasteiger charge is 2.32. The van der Waals surface area contributed by atoms with Crippen molar-refractivity contribution in [2.45, 2.75) is 31.8 Å². The maximum atomic E-state index is 14.2. The predicted molar refractivity (Wildman–Crippen MR) is 89.3 cm³/mol. The molecular formula is C18H20ClFN2O. The van der Waals surface area contributed by atoms with E-state index in [2.05, 4.69) is 28.9 Å². The molecule has 1 aliphatic heterocycles. The van der Waals surface area contributed by atoms with E-state index in [1.807, 2.05) is 12.1 Å². The first-order valence-electron chi connectivity index (χ1n) is 7.81. The maximum Gasteiger partial charge on any atom is 0.146 e. The molecule has 1 aromatic heterocycles. The Bertz CT molecular complexity index is 677. The predicted octanol–water partition coefficient (Wildman–Crippen LogP) is 4.78. The second kappa shape index (κ2) is 6.85. The molecule has 23 heavy (non-hydrogen) atoms. The molecule has 2 heterocycles. The minimum absolute atomic E-state index is 0.0348. The maximum absolute atomic E-state index is 14.2. The Morgan fingerprint density at radius 2 is 2.09 bits per heavy atom. The van der Waals surface area contributed by atoms with Crippen LogP contribution in [0.15, 0.2) is 36.5 Å². The Kier molecular flexibility index (Phi) is 4.83. The van der Waals surface area contributed by atoms with Crippen LogP contribution < -0.4 is 4.74 Å². The van der Waals surface area contributed by atoms with Gasteiger partial charge in [0.15, 0.2) is 0 Å². The topological polar surface area (TPSA) is 25.4 Å². The number of ether oxygens (including phenoxy) is 1. The van der Waals surface area contributed by atoms with Crippen molar-refractivity contribution in [1.29, 1.82) is 0 Å². The third kappa shape index (κ3) is 3.33. The summed E-state index contributed by atoms with van der Waals surface area (Å²) in [4.78, 5) is 6.15. The molecule has 0 aliphatic carbocycles. The molecule has 0 bridgehead atoms. The van der Waals surface area contributed by atoms with Gasteiger partial charge in [0.25, 0.3) is 0 Å². The van der Waals surface area contributed by atoms with Crippen LogP contribution in [0.2, 0.25) is 5.15 Å². The van der Waals surface area contributed by atoms with Gasteiger partial charge in [-0.2, -0.15) is 0 Å². The summed E-state index contributed by atoms with van der Waals surface area (Å²) in [6.45, 7) is 3.10. The van der Waals surface area contributed by atoms with Gasteiger partial charge in [0.2, 0.25) is 0 Å². The lowest BCUT2D eigenvalue weighted by atomic mass is 10.0. The molecule has 0 amide bonds. The lowest BCUT2D eigenvalue weighted by Crippen LogP contribution is -2.27. The van der Waals surface area contributed by atoms with E-state index in [-0.39, 0.29) is 17.9 Å². The summed E-state index contributed by atoms with van der Waals surface area (Å²) in [6.07, 6.45) is 3.19. The number of halogens is 2. The van der Waals surface area contributed by atoms with Crippen LogP contribution in [0, 0.1) is 5.82 Å². The molecule has 0 saturated carbocycles. The zero-order chi connectivity index (χ0) is 16.4. The summed E-state index contributed by atoms with van der Waals surface area (Å²) in [5, 5.41) is 0.338. The fraction of sp³-hybridized carbons (Fsp3) is 0.389. The fourth-order valence-electron chi connectivity index (χ4n) is 3.34. The highest BCUT2D eigenvalue weighted by Crippen LogP contribution is 2.39. The second-order valence-electron chi connectivity index (χ2n) is 5.87. The van der Waals surface area contributed by atoms with Gasteiger partial charge < -0.3 is 4.74 Å². The van der Waals surface area contributed by atoms with Crippen LogP contribution in [0.5, 0.6) is 5.75 Å². The van der Waals surface area contributed by atoms with E-state index >= 15 is 0 Å². The Morgan fingerprint density at radius 3 is 2.78 bits per heavy atom. The van der Waals surface area contributed by atoms with Crippen molar-refractivity contribution in [1.82, 2.24) is 9.88 Å². The van der Waals surface area contributed by atoms with Crippen molar-refractivity contribution >= 4 is 11.6 Å². The summed E-state index contributed by atoms with van der Waals surface area (Å²) in [6, 6.07) is 9.93. The first-order valence-corrected chi connectivity index (χ1v) is 8.18. The van der Waals surface area contributed by atoms with Crippen LogP contribution in [0.1, 0.15) is 43.0 Å². The van der Waals surface area contributed by atoms with Gasteiger partial charge in [-0.15, -0.1) is 0 Å². The number of methoxy groups -OCH3 is 1. The quantitative estimate of drug-likeness (QED) is 0.752. The van der Waals surface area contributed by atoms with Crippen molar-refractivity contribution in [3.8, 4) is 5.75 Å². The first kappa shape index (κ1) is 16.2. The molecule has 5 heteroatoms. The summed E-state index contributed by atoms with van der Waals surface area (Å²) in [5.41, 5.74) is 1.83. The number of hydrogen-bond donors (Lipinski definition) is 0.